The molecule has 0 aliphatic heterocycles. The second kappa shape index (κ2) is 4.84. The van der Waals surface area contributed by atoms with E-state index >= 15 is 0 Å². The summed E-state index contributed by atoms with van der Waals surface area (Å²) in [6, 6.07) is 0. The minimum absolute atomic E-state index is 0.180. The summed E-state index contributed by atoms with van der Waals surface area (Å²) < 4.78 is 7.70. The fourth-order valence-electron chi connectivity index (χ4n) is 1.84. The van der Waals surface area contributed by atoms with Gasteiger partial charge in [0.25, 0.3) is 0 Å². The van der Waals surface area contributed by atoms with Crippen LogP contribution in [0.4, 0.5) is 0 Å². The van der Waals surface area contributed by atoms with E-state index in [9.17, 15) is 0 Å². The maximum Gasteiger partial charge on any atom is 0.180 e. The van der Waals surface area contributed by atoms with Crippen molar-refractivity contribution in [3.63, 3.8) is 0 Å². The van der Waals surface area contributed by atoms with E-state index in [1.165, 1.54) is 32.1 Å². The predicted molar refractivity (Wildman–Crippen MR) is 58.2 cm³/mol. The lowest BCUT2D eigenvalue weighted by atomic mass is 9.98. The molecule has 1 aromatic rings. The maximum atomic E-state index is 5.82. The summed E-state index contributed by atoms with van der Waals surface area (Å²) in [5, 5.41) is 0. The molecule has 1 heterocycles. The van der Waals surface area contributed by atoms with Crippen molar-refractivity contribution < 1.29 is 4.74 Å². The zero-order valence-electron chi connectivity index (χ0n) is 8.17. The molecule has 4 heteroatoms. The van der Waals surface area contributed by atoms with Gasteiger partial charge in [-0.25, -0.2) is 4.98 Å². The minimum atomic E-state index is -0.180. The van der Waals surface area contributed by atoms with Gasteiger partial charge in [0, 0.05) is 12.4 Å². The van der Waals surface area contributed by atoms with Gasteiger partial charge in [-0.2, -0.15) is 0 Å². The average molecular weight is 212 g/mol. The standard InChI is InChI=1S/C10H16N2OS/c14-10(12-7-6-11-8-12)13-9-4-2-1-3-5-9/h6-10,14H,1-5H2. The van der Waals surface area contributed by atoms with Crippen molar-refractivity contribution in [2.24, 2.45) is 0 Å². The fraction of sp³-hybridized carbons (Fsp3) is 0.700. The van der Waals surface area contributed by atoms with Gasteiger partial charge in [0.15, 0.2) is 5.56 Å². The highest BCUT2D eigenvalue weighted by Crippen LogP contribution is 2.25. The topological polar surface area (TPSA) is 27.1 Å². The summed E-state index contributed by atoms with van der Waals surface area (Å²) in [6.07, 6.45) is 12.0. The first-order valence-corrected chi connectivity index (χ1v) is 5.69. The van der Waals surface area contributed by atoms with Gasteiger partial charge in [-0.3, -0.25) is 0 Å². The van der Waals surface area contributed by atoms with Crippen LogP contribution < -0.4 is 0 Å². The Hall–Kier alpha value is -0.480. The first kappa shape index (κ1) is 10.1. The molecule has 0 amide bonds. The molecule has 0 N–H and O–H groups in total. The maximum absolute atomic E-state index is 5.82. The Morgan fingerprint density at radius 3 is 2.79 bits per heavy atom. The van der Waals surface area contributed by atoms with Gasteiger partial charge in [0.05, 0.1) is 12.4 Å². The number of imidazole rings is 1. The van der Waals surface area contributed by atoms with E-state index in [2.05, 4.69) is 17.6 Å². The molecule has 0 spiro atoms. The highest BCUT2D eigenvalue weighted by atomic mass is 32.1. The predicted octanol–water partition coefficient (Wildman–Crippen LogP) is 2.62. The molecule has 0 saturated heterocycles. The van der Waals surface area contributed by atoms with Gasteiger partial charge in [-0.1, -0.05) is 19.3 Å². The SMILES string of the molecule is SC(OC1CCCCC1)n1ccnc1. The second-order valence-electron chi connectivity index (χ2n) is 3.73. The molecular formula is C10H16N2OS. The van der Waals surface area contributed by atoms with E-state index in [1.54, 1.807) is 12.5 Å². The summed E-state index contributed by atoms with van der Waals surface area (Å²) in [4.78, 5) is 3.97. The second-order valence-corrected chi connectivity index (χ2v) is 4.17. The smallest absolute Gasteiger partial charge is 0.180 e. The van der Waals surface area contributed by atoms with Crippen molar-refractivity contribution >= 4 is 12.6 Å². The molecule has 3 nitrogen and oxygen atoms in total. The van der Waals surface area contributed by atoms with Gasteiger partial charge in [-0.15, -0.1) is 12.6 Å². The van der Waals surface area contributed by atoms with Gasteiger partial charge < -0.3 is 9.30 Å². The van der Waals surface area contributed by atoms with Crippen LogP contribution in [0.15, 0.2) is 18.7 Å². The molecule has 0 radical (unpaired) electrons. The van der Waals surface area contributed by atoms with Crippen molar-refractivity contribution in [2.45, 2.75) is 43.8 Å². The lowest BCUT2D eigenvalue weighted by Crippen LogP contribution is -2.19. The summed E-state index contributed by atoms with van der Waals surface area (Å²) in [5.41, 5.74) is -0.180. The molecule has 0 aromatic carbocycles. The Labute approximate surface area is 89.9 Å². The van der Waals surface area contributed by atoms with Crippen LogP contribution in [0.1, 0.15) is 37.7 Å². The molecule has 1 fully saturated rings. The molecule has 0 bridgehead atoms. The van der Waals surface area contributed by atoms with Gasteiger partial charge in [-0.05, 0) is 12.8 Å². The molecule has 1 atom stereocenters. The summed E-state index contributed by atoms with van der Waals surface area (Å²) >= 11 is 4.40. The van der Waals surface area contributed by atoms with Gasteiger partial charge >= 0.3 is 0 Å². The number of ether oxygens (including phenoxy) is 1. The Morgan fingerprint density at radius 2 is 2.14 bits per heavy atom. The number of hydrogen-bond donors (Lipinski definition) is 1. The highest BCUT2D eigenvalue weighted by molar-refractivity contribution is 7.80. The molecule has 1 aromatic heterocycles. The summed E-state index contributed by atoms with van der Waals surface area (Å²) in [7, 11) is 0. The van der Waals surface area contributed by atoms with E-state index in [4.69, 9.17) is 4.74 Å². The number of aromatic nitrogens is 2. The van der Waals surface area contributed by atoms with Crippen LogP contribution >= 0.6 is 12.6 Å². The van der Waals surface area contributed by atoms with Crippen LogP contribution in [0.3, 0.4) is 0 Å². The van der Waals surface area contributed by atoms with Crippen LogP contribution in [-0.2, 0) is 4.74 Å². The third-order valence-corrected chi connectivity index (χ3v) is 3.03. The van der Waals surface area contributed by atoms with E-state index in [-0.39, 0.29) is 5.56 Å². The van der Waals surface area contributed by atoms with Gasteiger partial charge in [0.2, 0.25) is 0 Å². The molecule has 2 rings (SSSR count). The van der Waals surface area contributed by atoms with Gasteiger partial charge in [0.1, 0.15) is 0 Å². The molecule has 14 heavy (non-hydrogen) atoms. The molecular weight excluding hydrogens is 196 g/mol. The van der Waals surface area contributed by atoms with Crippen molar-refractivity contribution in [3.8, 4) is 0 Å². The van der Waals surface area contributed by atoms with Crippen molar-refractivity contribution in [3.05, 3.63) is 18.7 Å². The Balaban J connectivity index is 1.84. The summed E-state index contributed by atoms with van der Waals surface area (Å²) in [6.45, 7) is 0. The number of nitrogens with zero attached hydrogens (tertiary/aromatic N) is 2. The zero-order chi connectivity index (χ0) is 9.80. The molecule has 1 saturated carbocycles. The largest absolute Gasteiger partial charge is 0.345 e. The summed E-state index contributed by atoms with van der Waals surface area (Å²) in [5.74, 6) is 0. The molecule has 1 unspecified atom stereocenters. The Kier molecular flexibility index (Phi) is 3.48. The molecule has 1 aliphatic carbocycles. The van der Waals surface area contributed by atoms with E-state index in [1.807, 2.05) is 10.8 Å². The molecule has 1 aliphatic rings. The van der Waals surface area contributed by atoms with E-state index < -0.39 is 0 Å². The first-order chi connectivity index (χ1) is 6.86. The quantitative estimate of drug-likeness (QED) is 0.616. The third-order valence-electron chi connectivity index (χ3n) is 2.65. The van der Waals surface area contributed by atoms with E-state index in [0.717, 1.165) is 0 Å². The lowest BCUT2D eigenvalue weighted by Gasteiger charge is -2.25. The van der Waals surface area contributed by atoms with Crippen molar-refractivity contribution in [1.82, 2.24) is 9.55 Å². The Bertz CT molecular complexity index is 257. The Morgan fingerprint density at radius 1 is 1.36 bits per heavy atom. The first-order valence-electron chi connectivity index (χ1n) is 5.17. The van der Waals surface area contributed by atoms with E-state index in [0.29, 0.717) is 6.10 Å². The number of hydrogen-bond acceptors (Lipinski definition) is 3. The minimum Gasteiger partial charge on any atom is -0.345 e. The van der Waals surface area contributed by atoms with Crippen LogP contribution in [0, 0.1) is 0 Å². The van der Waals surface area contributed by atoms with Crippen LogP contribution in [0.2, 0.25) is 0 Å². The van der Waals surface area contributed by atoms with Crippen LogP contribution in [-0.4, -0.2) is 15.7 Å². The average Bonchev–Trinajstić information content (AvgIpc) is 2.72. The number of rotatable bonds is 3. The van der Waals surface area contributed by atoms with Crippen LogP contribution in [0.25, 0.3) is 0 Å². The normalized spacial score (nSPS) is 20.9. The molecule has 78 valence electrons. The number of thiol groups is 1. The van der Waals surface area contributed by atoms with Crippen LogP contribution in [0.5, 0.6) is 0 Å². The lowest BCUT2D eigenvalue weighted by molar-refractivity contribution is -0.0177. The zero-order valence-corrected chi connectivity index (χ0v) is 9.07. The van der Waals surface area contributed by atoms with Crippen molar-refractivity contribution in [2.75, 3.05) is 0 Å². The third kappa shape index (κ3) is 2.51. The fourth-order valence-corrected chi connectivity index (χ4v) is 2.15. The monoisotopic (exact) mass is 212 g/mol. The van der Waals surface area contributed by atoms with Crippen molar-refractivity contribution in [1.29, 1.82) is 0 Å². The highest BCUT2D eigenvalue weighted by Gasteiger charge is 2.17.